The Kier molecular flexibility index (Phi) is 5.23. The Balaban J connectivity index is 1.62. The molecule has 0 unspecified atom stereocenters. The zero-order chi connectivity index (χ0) is 17.8. The van der Waals surface area contributed by atoms with Crippen LogP contribution >= 0.6 is 15.9 Å². The van der Waals surface area contributed by atoms with Crippen LogP contribution < -0.4 is 20.7 Å². The number of rotatable bonds is 5. The van der Waals surface area contributed by atoms with Crippen LogP contribution in [-0.2, 0) is 0 Å². The molecule has 0 heterocycles. The molecule has 7 heteroatoms. The van der Waals surface area contributed by atoms with Gasteiger partial charge in [0.1, 0.15) is 5.75 Å². The summed E-state index contributed by atoms with van der Waals surface area (Å²) < 4.78 is 5.83. The SMILES string of the molecule is COc1ccc(Br)c(C(=O)Nc2ccc(NC(=O)NC3CC3)cc2)c1. The quantitative estimate of drug-likeness (QED) is 0.705. The zero-order valence-electron chi connectivity index (χ0n) is 13.6. The van der Waals surface area contributed by atoms with E-state index in [0.717, 1.165) is 12.8 Å². The number of carbonyl (C=O) groups excluding carboxylic acids is 2. The first-order valence-electron chi connectivity index (χ1n) is 7.87. The number of anilines is 2. The van der Waals surface area contributed by atoms with Gasteiger partial charge in [-0.1, -0.05) is 0 Å². The molecule has 0 saturated heterocycles. The summed E-state index contributed by atoms with van der Waals surface area (Å²) in [6, 6.07) is 12.2. The van der Waals surface area contributed by atoms with Gasteiger partial charge in [0.2, 0.25) is 0 Å². The molecule has 0 aliphatic heterocycles. The van der Waals surface area contributed by atoms with Gasteiger partial charge in [-0.2, -0.15) is 0 Å². The third kappa shape index (κ3) is 4.73. The number of urea groups is 1. The van der Waals surface area contributed by atoms with Crippen LogP contribution in [0.5, 0.6) is 5.75 Å². The Morgan fingerprint density at radius 3 is 2.28 bits per heavy atom. The van der Waals surface area contributed by atoms with Gasteiger partial charge < -0.3 is 20.7 Å². The first-order valence-corrected chi connectivity index (χ1v) is 8.67. The predicted octanol–water partition coefficient (Wildman–Crippen LogP) is 3.99. The van der Waals surface area contributed by atoms with Crippen LogP contribution in [0.15, 0.2) is 46.9 Å². The van der Waals surface area contributed by atoms with Crippen molar-refractivity contribution in [3.05, 3.63) is 52.5 Å². The number of benzene rings is 2. The fraction of sp³-hybridized carbons (Fsp3) is 0.222. The van der Waals surface area contributed by atoms with Crippen molar-refractivity contribution in [3.8, 4) is 5.75 Å². The fourth-order valence-electron chi connectivity index (χ4n) is 2.22. The van der Waals surface area contributed by atoms with Crippen molar-refractivity contribution in [2.75, 3.05) is 17.7 Å². The van der Waals surface area contributed by atoms with Crippen molar-refractivity contribution in [1.82, 2.24) is 5.32 Å². The number of amides is 3. The molecular weight excluding hydrogens is 386 g/mol. The van der Waals surface area contributed by atoms with Crippen LogP contribution in [0.25, 0.3) is 0 Å². The van der Waals surface area contributed by atoms with Crippen molar-refractivity contribution in [2.24, 2.45) is 0 Å². The number of ether oxygens (including phenoxy) is 1. The van der Waals surface area contributed by atoms with Crippen molar-refractivity contribution < 1.29 is 14.3 Å². The summed E-state index contributed by atoms with van der Waals surface area (Å²) in [5.41, 5.74) is 1.77. The Labute approximate surface area is 154 Å². The van der Waals surface area contributed by atoms with Gasteiger partial charge in [-0.3, -0.25) is 4.79 Å². The summed E-state index contributed by atoms with van der Waals surface area (Å²) in [5, 5.41) is 8.43. The van der Waals surface area contributed by atoms with Crippen molar-refractivity contribution in [2.45, 2.75) is 18.9 Å². The zero-order valence-corrected chi connectivity index (χ0v) is 15.2. The molecule has 130 valence electrons. The Morgan fingerprint density at radius 2 is 1.68 bits per heavy atom. The van der Waals surface area contributed by atoms with Crippen LogP contribution in [0.2, 0.25) is 0 Å². The first kappa shape index (κ1) is 17.3. The molecule has 0 aromatic heterocycles. The molecule has 6 nitrogen and oxygen atoms in total. The highest BCUT2D eigenvalue weighted by Crippen LogP contribution is 2.24. The molecule has 2 aromatic carbocycles. The molecule has 0 spiro atoms. The molecule has 25 heavy (non-hydrogen) atoms. The third-order valence-electron chi connectivity index (χ3n) is 3.73. The van der Waals surface area contributed by atoms with Gasteiger partial charge in [0.15, 0.2) is 0 Å². The fourth-order valence-corrected chi connectivity index (χ4v) is 2.65. The van der Waals surface area contributed by atoms with Crippen LogP contribution in [0.1, 0.15) is 23.2 Å². The van der Waals surface area contributed by atoms with Crippen LogP contribution in [0.4, 0.5) is 16.2 Å². The lowest BCUT2D eigenvalue weighted by Gasteiger charge is -2.10. The highest BCUT2D eigenvalue weighted by Gasteiger charge is 2.23. The van der Waals surface area contributed by atoms with Crippen LogP contribution in [0.3, 0.4) is 0 Å². The maximum atomic E-state index is 12.4. The molecule has 1 aliphatic rings. The molecule has 3 amide bonds. The van der Waals surface area contributed by atoms with Gasteiger partial charge in [-0.05, 0) is 71.2 Å². The van der Waals surface area contributed by atoms with Crippen LogP contribution in [-0.4, -0.2) is 25.1 Å². The van der Waals surface area contributed by atoms with E-state index < -0.39 is 0 Å². The second kappa shape index (κ2) is 7.57. The minimum atomic E-state index is -0.252. The second-order valence-electron chi connectivity index (χ2n) is 5.75. The highest BCUT2D eigenvalue weighted by molar-refractivity contribution is 9.10. The maximum absolute atomic E-state index is 12.4. The summed E-state index contributed by atoms with van der Waals surface area (Å²) in [6.07, 6.45) is 2.08. The number of nitrogens with one attached hydrogen (secondary N) is 3. The minimum absolute atomic E-state index is 0.209. The summed E-state index contributed by atoms with van der Waals surface area (Å²) >= 11 is 3.37. The molecule has 3 N–H and O–H groups in total. The van der Waals surface area contributed by atoms with Gasteiger partial charge in [0, 0.05) is 21.9 Å². The molecule has 0 bridgehead atoms. The van der Waals surface area contributed by atoms with E-state index in [1.165, 1.54) is 0 Å². The van der Waals surface area contributed by atoms with E-state index in [4.69, 9.17) is 4.74 Å². The Hall–Kier alpha value is -2.54. The van der Waals surface area contributed by atoms with E-state index in [2.05, 4.69) is 31.9 Å². The molecule has 0 radical (unpaired) electrons. The molecular formula is C18H18BrN3O3. The highest BCUT2D eigenvalue weighted by atomic mass is 79.9. The van der Waals surface area contributed by atoms with E-state index in [-0.39, 0.29) is 11.9 Å². The number of carbonyl (C=O) groups is 2. The molecule has 1 aliphatic carbocycles. The lowest BCUT2D eigenvalue weighted by Crippen LogP contribution is -2.30. The molecule has 0 atom stereocenters. The van der Waals surface area contributed by atoms with E-state index in [1.54, 1.807) is 49.6 Å². The van der Waals surface area contributed by atoms with Crippen molar-refractivity contribution >= 4 is 39.2 Å². The lowest BCUT2D eigenvalue weighted by molar-refractivity contribution is 0.102. The smallest absolute Gasteiger partial charge is 0.319 e. The lowest BCUT2D eigenvalue weighted by atomic mass is 10.2. The Morgan fingerprint density at radius 1 is 1.04 bits per heavy atom. The average molecular weight is 404 g/mol. The van der Waals surface area contributed by atoms with Crippen molar-refractivity contribution in [1.29, 1.82) is 0 Å². The largest absolute Gasteiger partial charge is 0.497 e. The topological polar surface area (TPSA) is 79.5 Å². The molecule has 1 saturated carbocycles. The minimum Gasteiger partial charge on any atom is -0.497 e. The predicted molar refractivity (Wildman–Crippen MR) is 100 cm³/mol. The number of hydrogen-bond acceptors (Lipinski definition) is 3. The molecule has 1 fully saturated rings. The normalized spacial score (nSPS) is 13.0. The summed E-state index contributed by atoms with van der Waals surface area (Å²) in [6.45, 7) is 0. The van der Waals surface area contributed by atoms with E-state index in [0.29, 0.717) is 33.2 Å². The summed E-state index contributed by atoms with van der Waals surface area (Å²) in [4.78, 5) is 24.1. The number of methoxy groups -OCH3 is 1. The average Bonchev–Trinajstić information content (AvgIpc) is 3.41. The standard InChI is InChI=1S/C18H18BrN3O3/c1-25-14-8-9-16(19)15(10-14)17(23)20-11-2-4-12(5-3-11)21-18(24)22-13-6-7-13/h2-5,8-10,13H,6-7H2,1H3,(H,20,23)(H2,21,22,24). The Bertz CT molecular complexity index is 789. The summed E-state index contributed by atoms with van der Waals surface area (Å²) in [5.74, 6) is 0.354. The maximum Gasteiger partial charge on any atom is 0.319 e. The van der Waals surface area contributed by atoms with Crippen LogP contribution in [0, 0.1) is 0 Å². The van der Waals surface area contributed by atoms with E-state index >= 15 is 0 Å². The van der Waals surface area contributed by atoms with E-state index in [9.17, 15) is 9.59 Å². The number of hydrogen-bond donors (Lipinski definition) is 3. The third-order valence-corrected chi connectivity index (χ3v) is 4.42. The van der Waals surface area contributed by atoms with Gasteiger partial charge >= 0.3 is 6.03 Å². The molecule has 3 rings (SSSR count). The van der Waals surface area contributed by atoms with Gasteiger partial charge in [0.05, 0.1) is 12.7 Å². The monoisotopic (exact) mass is 403 g/mol. The van der Waals surface area contributed by atoms with Crippen molar-refractivity contribution in [3.63, 3.8) is 0 Å². The summed E-state index contributed by atoms with van der Waals surface area (Å²) in [7, 11) is 1.55. The second-order valence-corrected chi connectivity index (χ2v) is 6.60. The van der Waals surface area contributed by atoms with Gasteiger partial charge in [0.25, 0.3) is 5.91 Å². The first-order chi connectivity index (χ1) is 12.0. The van der Waals surface area contributed by atoms with Gasteiger partial charge in [-0.15, -0.1) is 0 Å². The number of halogens is 1. The van der Waals surface area contributed by atoms with E-state index in [1.807, 2.05) is 0 Å². The van der Waals surface area contributed by atoms with Gasteiger partial charge in [-0.25, -0.2) is 4.79 Å². The molecule has 2 aromatic rings.